The molecule has 1 fully saturated rings. The van der Waals surface area contributed by atoms with Crippen molar-refractivity contribution >= 4 is 23.4 Å². The van der Waals surface area contributed by atoms with Crippen molar-refractivity contribution in [2.45, 2.75) is 32.0 Å². The number of nitrogens with one attached hydrogen (secondary N) is 2. The molecule has 0 bridgehead atoms. The number of hydrogen-bond acceptors (Lipinski definition) is 6. The van der Waals surface area contributed by atoms with Gasteiger partial charge in [0.2, 0.25) is 11.8 Å². The van der Waals surface area contributed by atoms with Crippen molar-refractivity contribution in [1.82, 2.24) is 10.2 Å². The Balaban J connectivity index is 1.48. The number of nitrogens with zero attached hydrogens (tertiary/aromatic N) is 1. The summed E-state index contributed by atoms with van der Waals surface area (Å²) in [6, 6.07) is 9.12. The topological polar surface area (TPSA) is 97.0 Å². The Morgan fingerprint density at radius 2 is 2.03 bits per heavy atom. The number of methoxy groups -OCH3 is 1. The van der Waals surface area contributed by atoms with Crippen molar-refractivity contribution in [1.29, 1.82) is 0 Å². The Morgan fingerprint density at radius 1 is 1.19 bits per heavy atom. The van der Waals surface area contributed by atoms with Crippen molar-refractivity contribution in [3.05, 3.63) is 58.9 Å². The normalized spacial score (nSPS) is 17.9. The Morgan fingerprint density at radius 3 is 2.81 bits per heavy atom. The zero-order chi connectivity index (χ0) is 22.7. The molecule has 0 spiro atoms. The van der Waals surface area contributed by atoms with E-state index in [1.54, 1.807) is 31.4 Å². The van der Waals surface area contributed by atoms with Gasteiger partial charge in [-0.1, -0.05) is 6.07 Å². The van der Waals surface area contributed by atoms with E-state index in [1.807, 2.05) is 6.07 Å². The summed E-state index contributed by atoms with van der Waals surface area (Å²) in [7, 11) is 1.58. The van der Waals surface area contributed by atoms with Crippen LogP contribution in [0, 0.1) is 5.82 Å². The molecule has 2 aliphatic heterocycles. The molecular weight excluding hydrogens is 417 g/mol. The number of amides is 3. The van der Waals surface area contributed by atoms with Gasteiger partial charge in [0.25, 0.3) is 5.91 Å². The van der Waals surface area contributed by atoms with Gasteiger partial charge in [0.15, 0.2) is 0 Å². The van der Waals surface area contributed by atoms with Gasteiger partial charge in [-0.2, -0.15) is 0 Å². The van der Waals surface area contributed by atoms with Crippen LogP contribution in [-0.4, -0.2) is 49.0 Å². The molecule has 0 radical (unpaired) electrons. The number of ether oxygens (including phenoxy) is 2. The molecule has 2 aromatic rings. The quantitative estimate of drug-likeness (QED) is 0.482. The van der Waals surface area contributed by atoms with Crippen molar-refractivity contribution in [3.63, 3.8) is 0 Å². The molecule has 2 aromatic carbocycles. The highest BCUT2D eigenvalue weighted by molar-refractivity contribution is 6.06. The average Bonchev–Trinajstić information content (AvgIpc) is 3.11. The molecule has 168 valence electrons. The van der Waals surface area contributed by atoms with Gasteiger partial charge in [-0.3, -0.25) is 19.7 Å². The molecule has 1 atom stereocenters. The molecule has 1 unspecified atom stereocenters. The minimum atomic E-state index is -0.682. The van der Waals surface area contributed by atoms with E-state index in [0.29, 0.717) is 42.2 Å². The number of rotatable bonds is 8. The van der Waals surface area contributed by atoms with Gasteiger partial charge >= 0.3 is 0 Å². The lowest BCUT2D eigenvalue weighted by Gasteiger charge is -2.29. The lowest BCUT2D eigenvalue weighted by atomic mass is 10.0. The molecule has 2 aliphatic rings. The van der Waals surface area contributed by atoms with Crippen LogP contribution in [0.2, 0.25) is 0 Å². The number of carbonyl (C=O) groups is 3. The van der Waals surface area contributed by atoms with Gasteiger partial charge in [-0.05, 0) is 36.8 Å². The second-order valence-electron chi connectivity index (χ2n) is 7.68. The van der Waals surface area contributed by atoms with Crippen molar-refractivity contribution in [2.75, 3.05) is 25.6 Å². The molecule has 0 aromatic heterocycles. The van der Waals surface area contributed by atoms with Crippen molar-refractivity contribution in [3.8, 4) is 5.75 Å². The summed E-state index contributed by atoms with van der Waals surface area (Å²) in [6.07, 6.45) is 0.498. The largest absolute Gasteiger partial charge is 0.491 e. The Bertz CT molecular complexity index is 1060. The molecule has 4 rings (SSSR count). The van der Waals surface area contributed by atoms with Gasteiger partial charge in [0, 0.05) is 49.0 Å². The third-order valence-corrected chi connectivity index (χ3v) is 5.62. The van der Waals surface area contributed by atoms with Crippen LogP contribution in [-0.2, 0) is 27.4 Å². The maximum absolute atomic E-state index is 14.3. The maximum Gasteiger partial charge on any atom is 0.255 e. The summed E-state index contributed by atoms with van der Waals surface area (Å²) < 4.78 is 24.8. The third-order valence-electron chi connectivity index (χ3n) is 5.62. The first-order chi connectivity index (χ1) is 15.5. The van der Waals surface area contributed by atoms with E-state index in [1.165, 1.54) is 11.0 Å². The summed E-state index contributed by atoms with van der Waals surface area (Å²) in [5, 5.41) is 5.50. The fourth-order valence-electron chi connectivity index (χ4n) is 3.96. The van der Waals surface area contributed by atoms with E-state index in [-0.39, 0.29) is 37.1 Å². The lowest BCUT2D eigenvalue weighted by molar-refractivity contribution is -0.136. The van der Waals surface area contributed by atoms with Gasteiger partial charge in [-0.15, -0.1) is 0 Å². The van der Waals surface area contributed by atoms with Crippen molar-refractivity contribution in [2.24, 2.45) is 0 Å². The van der Waals surface area contributed by atoms with Crippen LogP contribution in [0.25, 0.3) is 0 Å². The van der Waals surface area contributed by atoms with Gasteiger partial charge < -0.3 is 19.7 Å². The Kier molecular flexibility index (Phi) is 6.36. The summed E-state index contributed by atoms with van der Waals surface area (Å²) in [5.74, 6) is -0.862. The Labute approximate surface area is 184 Å². The molecular formula is C23H24FN3O5. The first kappa shape index (κ1) is 21.8. The number of hydrogen-bond donors (Lipinski definition) is 2. The van der Waals surface area contributed by atoms with Crippen LogP contribution in [0.1, 0.15) is 34.3 Å². The molecule has 2 N–H and O–H groups in total. The van der Waals surface area contributed by atoms with E-state index in [0.717, 1.165) is 5.56 Å². The minimum absolute atomic E-state index is 0.191. The molecule has 3 amide bonds. The molecule has 0 aliphatic carbocycles. The highest BCUT2D eigenvalue weighted by atomic mass is 19.1. The SMILES string of the molecule is COCCOc1ccc(F)c(CNc2cccc3c2CN(C2CCC(=O)NC2=O)C3=O)c1. The number of benzene rings is 2. The Hall–Kier alpha value is -3.46. The number of anilines is 1. The second-order valence-corrected chi connectivity index (χ2v) is 7.68. The first-order valence-electron chi connectivity index (χ1n) is 10.4. The molecule has 9 heteroatoms. The van der Waals surface area contributed by atoms with Crippen LogP contribution in [0.4, 0.5) is 10.1 Å². The standard InChI is InChI=1S/C23H24FN3O5/c1-31-9-10-32-15-5-6-18(24)14(11-15)12-25-19-4-2-3-16-17(19)13-27(23(16)30)20-7-8-21(28)26-22(20)29/h2-6,11,20,25H,7-10,12-13H2,1H3,(H,26,28,29). The number of halogens is 1. The van der Waals surface area contributed by atoms with Gasteiger partial charge in [0.05, 0.1) is 6.61 Å². The monoisotopic (exact) mass is 441 g/mol. The van der Waals surface area contributed by atoms with Crippen LogP contribution < -0.4 is 15.4 Å². The number of carbonyl (C=O) groups excluding carboxylic acids is 3. The highest BCUT2D eigenvalue weighted by Gasteiger charge is 2.39. The predicted molar refractivity (Wildman–Crippen MR) is 114 cm³/mol. The zero-order valence-electron chi connectivity index (χ0n) is 17.7. The van der Waals surface area contributed by atoms with E-state index in [4.69, 9.17) is 9.47 Å². The fraction of sp³-hybridized carbons (Fsp3) is 0.348. The van der Waals surface area contributed by atoms with E-state index in [2.05, 4.69) is 10.6 Å². The summed E-state index contributed by atoms with van der Waals surface area (Å²) in [5.41, 5.74) is 2.35. The van der Waals surface area contributed by atoms with E-state index < -0.39 is 11.9 Å². The number of piperidine rings is 1. The first-order valence-corrected chi connectivity index (χ1v) is 10.4. The number of imide groups is 1. The molecule has 1 saturated heterocycles. The second kappa shape index (κ2) is 9.35. The predicted octanol–water partition coefficient (Wildman–Crippen LogP) is 2.22. The van der Waals surface area contributed by atoms with Gasteiger partial charge in [0.1, 0.15) is 24.2 Å². The molecule has 0 saturated carbocycles. The zero-order valence-corrected chi connectivity index (χ0v) is 17.7. The summed E-state index contributed by atoms with van der Waals surface area (Å²) in [4.78, 5) is 38.1. The van der Waals surface area contributed by atoms with Crippen LogP contribution in [0.5, 0.6) is 5.75 Å². The average molecular weight is 441 g/mol. The van der Waals surface area contributed by atoms with Crippen LogP contribution in [0.15, 0.2) is 36.4 Å². The summed E-state index contributed by atoms with van der Waals surface area (Å²) >= 11 is 0. The highest BCUT2D eigenvalue weighted by Crippen LogP contribution is 2.32. The molecule has 8 nitrogen and oxygen atoms in total. The molecule has 2 heterocycles. The van der Waals surface area contributed by atoms with Crippen LogP contribution in [0.3, 0.4) is 0 Å². The summed E-state index contributed by atoms with van der Waals surface area (Å²) in [6.45, 7) is 1.22. The molecule has 32 heavy (non-hydrogen) atoms. The fourth-order valence-corrected chi connectivity index (χ4v) is 3.96. The van der Waals surface area contributed by atoms with E-state index in [9.17, 15) is 18.8 Å². The lowest BCUT2D eigenvalue weighted by Crippen LogP contribution is -2.52. The third kappa shape index (κ3) is 4.43. The van der Waals surface area contributed by atoms with E-state index >= 15 is 0 Å². The van der Waals surface area contributed by atoms with Crippen molar-refractivity contribution < 1.29 is 28.2 Å². The minimum Gasteiger partial charge on any atom is -0.491 e. The number of fused-ring (bicyclic) bond motifs is 1. The maximum atomic E-state index is 14.3. The van der Waals surface area contributed by atoms with Gasteiger partial charge in [-0.25, -0.2) is 4.39 Å². The van der Waals surface area contributed by atoms with Crippen LogP contribution >= 0.6 is 0 Å². The smallest absolute Gasteiger partial charge is 0.255 e.